The maximum atomic E-state index is 13.0. The highest BCUT2D eigenvalue weighted by Gasteiger charge is 2.20. The molecule has 0 fully saturated rings. The summed E-state index contributed by atoms with van der Waals surface area (Å²) in [5.74, 6) is -0.801. The molecule has 0 aliphatic carbocycles. The molecule has 96 valence electrons. The van der Waals surface area contributed by atoms with E-state index in [-0.39, 0.29) is 24.2 Å². The first-order valence-corrected chi connectivity index (χ1v) is 5.07. The number of hydrogen-bond donors (Lipinski definition) is 2. The maximum Gasteiger partial charge on any atom is 0.153 e. The second-order valence-electron chi connectivity index (χ2n) is 3.50. The maximum absolute atomic E-state index is 13.0. The number of nitrogens with zero attached hydrogens (tertiary/aromatic N) is 4. The molecule has 0 bridgehead atoms. The molecule has 2 atom stereocenters. The van der Waals surface area contributed by atoms with Crippen LogP contribution in [0.4, 0.5) is 4.39 Å². The minimum atomic E-state index is -1.38. The van der Waals surface area contributed by atoms with E-state index in [9.17, 15) is 19.4 Å². The quantitative estimate of drug-likeness (QED) is 0.342. The lowest BCUT2D eigenvalue weighted by Crippen LogP contribution is -2.20. The topological polar surface area (TPSA) is 119 Å². The van der Waals surface area contributed by atoms with Crippen LogP contribution in [0.5, 0.6) is 0 Å². The largest absolute Gasteiger partial charge is 0.390 e. The summed E-state index contributed by atoms with van der Waals surface area (Å²) in [4.78, 5) is 16.6. The Kier molecular flexibility index (Phi) is 5.19. The molecule has 2 unspecified atom stereocenters. The molecular weight excluding hydrogens is 243 g/mol. The molecule has 2 N–H and O–H groups in total. The van der Waals surface area contributed by atoms with E-state index in [1.807, 2.05) is 0 Å². The number of halogens is 1. The fraction of sp³-hybridized carbons (Fsp3) is 0.400. The lowest BCUT2D eigenvalue weighted by molar-refractivity contribution is 0.0124. The average molecular weight is 254 g/mol. The number of hydrogen-bond acceptors (Lipinski definition) is 5. The molecule has 0 radical (unpaired) electrons. The van der Waals surface area contributed by atoms with Crippen LogP contribution >= 0.6 is 0 Å². The summed E-state index contributed by atoms with van der Waals surface area (Å²) >= 11 is 0. The fourth-order valence-corrected chi connectivity index (χ4v) is 1.31. The van der Waals surface area contributed by atoms with Crippen LogP contribution in [0.15, 0.2) is 17.4 Å². The van der Waals surface area contributed by atoms with Gasteiger partial charge in [-0.15, -0.1) is 0 Å². The summed E-state index contributed by atoms with van der Waals surface area (Å²) in [6.45, 7) is 0.0104. The van der Waals surface area contributed by atoms with Gasteiger partial charge in [0, 0.05) is 11.5 Å². The van der Waals surface area contributed by atoms with Crippen molar-refractivity contribution in [1.29, 1.82) is 0 Å². The molecule has 8 heteroatoms. The van der Waals surface area contributed by atoms with Gasteiger partial charge in [0.25, 0.3) is 0 Å². The molecule has 0 aliphatic heterocycles. The predicted molar refractivity (Wildman–Crippen MR) is 59.2 cm³/mol. The van der Waals surface area contributed by atoms with E-state index in [1.54, 1.807) is 0 Å². The van der Waals surface area contributed by atoms with Crippen molar-refractivity contribution in [2.75, 3.05) is 6.54 Å². The van der Waals surface area contributed by atoms with Gasteiger partial charge in [-0.25, -0.2) is 4.39 Å². The Morgan fingerprint density at radius 3 is 2.94 bits per heavy atom. The van der Waals surface area contributed by atoms with Gasteiger partial charge in [0.2, 0.25) is 0 Å². The van der Waals surface area contributed by atoms with Gasteiger partial charge in [-0.2, -0.15) is 0 Å². The Labute approximate surface area is 102 Å². The van der Waals surface area contributed by atoms with E-state index in [4.69, 9.17) is 5.53 Å². The van der Waals surface area contributed by atoms with Gasteiger partial charge in [0.1, 0.15) is 6.10 Å². The Morgan fingerprint density at radius 2 is 2.33 bits per heavy atom. The van der Waals surface area contributed by atoms with Crippen LogP contribution in [0.3, 0.4) is 0 Å². The third-order valence-corrected chi connectivity index (χ3v) is 2.29. The number of aromatic nitrogens is 1. The van der Waals surface area contributed by atoms with Crippen molar-refractivity contribution in [2.24, 2.45) is 5.11 Å². The van der Waals surface area contributed by atoms with E-state index in [1.165, 1.54) is 0 Å². The van der Waals surface area contributed by atoms with Crippen molar-refractivity contribution in [1.82, 2.24) is 4.98 Å². The van der Waals surface area contributed by atoms with E-state index < -0.39 is 18.0 Å². The summed E-state index contributed by atoms with van der Waals surface area (Å²) in [6, 6.07) is 1.06. The zero-order chi connectivity index (χ0) is 13.5. The molecular formula is C10H11FN4O3. The van der Waals surface area contributed by atoms with Crippen molar-refractivity contribution in [3.63, 3.8) is 0 Å². The van der Waals surface area contributed by atoms with Crippen molar-refractivity contribution in [2.45, 2.75) is 18.6 Å². The molecule has 0 spiro atoms. The first kappa shape index (κ1) is 14.0. The van der Waals surface area contributed by atoms with Crippen molar-refractivity contribution < 1.29 is 19.4 Å². The summed E-state index contributed by atoms with van der Waals surface area (Å²) < 4.78 is 13.0. The summed E-state index contributed by atoms with van der Waals surface area (Å²) in [5, 5.41) is 22.5. The van der Waals surface area contributed by atoms with Gasteiger partial charge in [-0.1, -0.05) is 5.11 Å². The number of pyridine rings is 1. The van der Waals surface area contributed by atoms with Gasteiger partial charge in [0.15, 0.2) is 12.1 Å². The van der Waals surface area contributed by atoms with Gasteiger partial charge in [-0.3, -0.25) is 9.78 Å². The van der Waals surface area contributed by atoms with Crippen LogP contribution in [-0.2, 0) is 0 Å². The number of azide groups is 1. The highest BCUT2D eigenvalue weighted by atomic mass is 19.1. The van der Waals surface area contributed by atoms with E-state index in [0.29, 0.717) is 6.29 Å². The third kappa shape index (κ3) is 3.49. The minimum absolute atomic E-state index is 0.0104. The molecule has 1 rings (SSSR count). The second-order valence-corrected chi connectivity index (χ2v) is 3.50. The number of aldehydes is 1. The number of carbonyl (C=O) groups excluding carboxylic acids is 1. The minimum Gasteiger partial charge on any atom is -0.390 e. The highest BCUT2D eigenvalue weighted by Crippen LogP contribution is 2.18. The molecule has 1 aromatic rings. The molecule has 1 heterocycles. The van der Waals surface area contributed by atoms with E-state index in [2.05, 4.69) is 15.0 Å². The lowest BCUT2D eigenvalue weighted by atomic mass is 10.1. The number of carbonyl (C=O) groups is 1. The van der Waals surface area contributed by atoms with Crippen molar-refractivity contribution in [3.05, 3.63) is 39.8 Å². The number of rotatable bonds is 6. The van der Waals surface area contributed by atoms with Crippen LogP contribution in [0, 0.1) is 5.82 Å². The van der Waals surface area contributed by atoms with Crippen molar-refractivity contribution >= 4 is 6.29 Å². The molecule has 1 aromatic heterocycles. The monoisotopic (exact) mass is 254 g/mol. The van der Waals surface area contributed by atoms with Gasteiger partial charge in [-0.05, 0) is 18.0 Å². The first-order chi connectivity index (χ1) is 8.60. The fourth-order valence-electron chi connectivity index (χ4n) is 1.31. The van der Waals surface area contributed by atoms with Gasteiger partial charge in [0.05, 0.1) is 23.6 Å². The Hall–Kier alpha value is -2.02. The van der Waals surface area contributed by atoms with Crippen LogP contribution in [0.25, 0.3) is 10.4 Å². The summed E-state index contributed by atoms with van der Waals surface area (Å²) in [7, 11) is 0. The van der Waals surface area contributed by atoms with Crippen LogP contribution in [0.1, 0.15) is 28.6 Å². The average Bonchev–Trinajstić information content (AvgIpc) is 2.38. The van der Waals surface area contributed by atoms with Crippen molar-refractivity contribution in [3.8, 4) is 0 Å². The summed E-state index contributed by atoms with van der Waals surface area (Å²) in [6.07, 6.45) is -1.48. The molecule has 0 saturated carbocycles. The smallest absolute Gasteiger partial charge is 0.153 e. The Morgan fingerprint density at radius 1 is 1.61 bits per heavy atom. The first-order valence-electron chi connectivity index (χ1n) is 5.07. The van der Waals surface area contributed by atoms with E-state index >= 15 is 0 Å². The normalized spacial score (nSPS) is 13.5. The van der Waals surface area contributed by atoms with E-state index in [0.717, 1.165) is 12.3 Å². The molecule has 7 nitrogen and oxygen atoms in total. The molecule has 0 amide bonds. The molecule has 0 aliphatic rings. The van der Waals surface area contributed by atoms with Gasteiger partial charge >= 0.3 is 0 Å². The SMILES string of the molecule is [N-]=[N+]=NCCC(O)C(O)c1cc(C=O)c(F)cn1. The summed E-state index contributed by atoms with van der Waals surface area (Å²) in [5.41, 5.74) is 7.78. The van der Waals surface area contributed by atoms with Gasteiger partial charge < -0.3 is 10.2 Å². The predicted octanol–water partition coefficient (Wildman–Crippen LogP) is 1.13. The van der Waals surface area contributed by atoms with Crippen LogP contribution in [0.2, 0.25) is 0 Å². The Balaban J connectivity index is 2.79. The third-order valence-electron chi connectivity index (χ3n) is 2.29. The van der Waals surface area contributed by atoms with Crippen LogP contribution in [-0.4, -0.2) is 34.1 Å². The Bertz CT molecular complexity index is 476. The second kappa shape index (κ2) is 6.65. The lowest BCUT2D eigenvalue weighted by Gasteiger charge is -2.16. The standard InChI is InChI=1S/C10H11FN4O3/c11-7-4-13-8(3-6(7)5-16)10(18)9(17)1-2-14-15-12/h3-5,9-10,17-18H,1-2H2. The number of aliphatic hydroxyl groups is 2. The molecule has 0 saturated heterocycles. The molecule has 0 aromatic carbocycles. The zero-order valence-corrected chi connectivity index (χ0v) is 9.27. The number of aliphatic hydroxyl groups excluding tert-OH is 2. The highest BCUT2D eigenvalue weighted by molar-refractivity contribution is 5.75. The van der Waals surface area contributed by atoms with Crippen LogP contribution < -0.4 is 0 Å². The molecule has 18 heavy (non-hydrogen) atoms. The zero-order valence-electron chi connectivity index (χ0n) is 9.27.